The summed E-state index contributed by atoms with van der Waals surface area (Å²) in [5, 5.41) is 17.1. The van der Waals surface area contributed by atoms with Crippen molar-refractivity contribution in [1.29, 1.82) is 0 Å². The number of carbonyl (C=O) groups is 2. The second kappa shape index (κ2) is 7.40. The summed E-state index contributed by atoms with van der Waals surface area (Å²) >= 11 is 7.33. The fraction of sp³-hybridized carbons (Fsp3) is 0.200. The van der Waals surface area contributed by atoms with Crippen LogP contribution in [-0.2, 0) is 9.59 Å². The molecule has 1 heterocycles. The van der Waals surface area contributed by atoms with Gasteiger partial charge in [-0.05, 0) is 36.1 Å². The molecule has 2 amide bonds. The van der Waals surface area contributed by atoms with Gasteiger partial charge in [0.15, 0.2) is 0 Å². The van der Waals surface area contributed by atoms with Crippen LogP contribution in [0.25, 0.3) is 0 Å². The molecule has 0 bridgehead atoms. The van der Waals surface area contributed by atoms with Gasteiger partial charge in [-0.25, -0.2) is 0 Å². The number of aliphatic hydroxyl groups excluding tert-OH is 1. The molecule has 1 unspecified atom stereocenters. The van der Waals surface area contributed by atoms with Gasteiger partial charge in [0.2, 0.25) is 0 Å². The third-order valence-electron chi connectivity index (χ3n) is 3.05. The van der Waals surface area contributed by atoms with Crippen molar-refractivity contribution in [3.05, 3.63) is 51.2 Å². The number of benzene rings is 1. The van der Waals surface area contributed by atoms with Crippen LogP contribution in [0.2, 0.25) is 5.02 Å². The molecule has 1 aromatic carbocycles. The van der Waals surface area contributed by atoms with Crippen LogP contribution in [0.5, 0.6) is 0 Å². The van der Waals surface area contributed by atoms with Gasteiger partial charge < -0.3 is 15.7 Å². The van der Waals surface area contributed by atoms with Gasteiger partial charge in [-0.1, -0.05) is 23.7 Å². The second-order valence-electron chi connectivity index (χ2n) is 4.61. The van der Waals surface area contributed by atoms with Crippen molar-refractivity contribution in [3.8, 4) is 0 Å². The van der Waals surface area contributed by atoms with E-state index in [4.69, 9.17) is 11.6 Å². The highest BCUT2D eigenvalue weighted by Gasteiger charge is 2.17. The van der Waals surface area contributed by atoms with E-state index < -0.39 is 17.9 Å². The van der Waals surface area contributed by atoms with Crippen LogP contribution in [0.4, 0.5) is 5.69 Å². The zero-order valence-electron chi connectivity index (χ0n) is 11.8. The lowest BCUT2D eigenvalue weighted by atomic mass is 10.2. The third kappa shape index (κ3) is 4.07. The van der Waals surface area contributed by atoms with Gasteiger partial charge in [-0.3, -0.25) is 9.59 Å². The monoisotopic (exact) mass is 338 g/mol. The summed E-state index contributed by atoms with van der Waals surface area (Å²) in [7, 11) is 0. The Balaban J connectivity index is 1.90. The summed E-state index contributed by atoms with van der Waals surface area (Å²) in [4.78, 5) is 24.3. The molecule has 0 aliphatic heterocycles. The predicted octanol–water partition coefficient (Wildman–Crippen LogP) is 2.50. The van der Waals surface area contributed by atoms with Crippen LogP contribution in [0.1, 0.15) is 16.5 Å². The van der Waals surface area contributed by atoms with E-state index in [0.29, 0.717) is 16.3 Å². The number of aliphatic hydroxyl groups is 1. The van der Waals surface area contributed by atoms with Gasteiger partial charge in [-0.15, -0.1) is 11.3 Å². The molecule has 3 N–H and O–H groups in total. The van der Waals surface area contributed by atoms with E-state index in [2.05, 4.69) is 10.6 Å². The molecule has 7 heteroatoms. The minimum Gasteiger partial charge on any atom is -0.386 e. The van der Waals surface area contributed by atoms with Gasteiger partial charge in [-0.2, -0.15) is 0 Å². The van der Waals surface area contributed by atoms with Crippen molar-refractivity contribution < 1.29 is 14.7 Å². The molecular weight excluding hydrogens is 324 g/mol. The first kappa shape index (κ1) is 16.5. The molecule has 0 spiro atoms. The fourth-order valence-corrected chi connectivity index (χ4v) is 2.66. The lowest BCUT2D eigenvalue weighted by Gasteiger charge is -2.11. The first-order valence-corrected chi connectivity index (χ1v) is 7.80. The van der Waals surface area contributed by atoms with E-state index in [1.165, 1.54) is 11.3 Å². The average Bonchev–Trinajstić information content (AvgIpc) is 3.03. The maximum absolute atomic E-state index is 11.8. The predicted molar refractivity (Wildman–Crippen MR) is 87.1 cm³/mol. The van der Waals surface area contributed by atoms with E-state index in [1.54, 1.807) is 37.3 Å². The number of thiophene rings is 1. The summed E-state index contributed by atoms with van der Waals surface area (Å²) in [6.07, 6.45) is -0.829. The van der Waals surface area contributed by atoms with Crippen molar-refractivity contribution >= 4 is 40.4 Å². The van der Waals surface area contributed by atoms with Gasteiger partial charge in [0.05, 0.1) is 0 Å². The molecule has 1 aromatic heterocycles. The van der Waals surface area contributed by atoms with Gasteiger partial charge in [0.25, 0.3) is 0 Å². The largest absolute Gasteiger partial charge is 0.386 e. The Morgan fingerprint density at radius 3 is 2.73 bits per heavy atom. The summed E-state index contributed by atoms with van der Waals surface area (Å²) < 4.78 is 0. The standard InChI is InChI=1S/C15H15ClN2O3S/c1-9-10(16)4-2-5-11(9)18-15(21)14(20)17-8-12(19)13-6-3-7-22-13/h2-7,12,19H,8H2,1H3,(H,17,20)(H,18,21). The summed E-state index contributed by atoms with van der Waals surface area (Å²) in [6, 6.07) is 8.61. The Bertz CT molecular complexity index is 673. The Morgan fingerprint density at radius 2 is 2.05 bits per heavy atom. The number of hydrogen-bond acceptors (Lipinski definition) is 4. The molecule has 116 valence electrons. The SMILES string of the molecule is Cc1c(Cl)cccc1NC(=O)C(=O)NCC(O)c1cccs1. The Hall–Kier alpha value is -1.89. The summed E-state index contributed by atoms with van der Waals surface area (Å²) in [5.41, 5.74) is 1.16. The van der Waals surface area contributed by atoms with Crippen LogP contribution in [0.3, 0.4) is 0 Å². The third-order valence-corrected chi connectivity index (χ3v) is 4.43. The minimum absolute atomic E-state index is 0.0265. The van der Waals surface area contributed by atoms with Gasteiger partial charge in [0.1, 0.15) is 6.10 Å². The smallest absolute Gasteiger partial charge is 0.313 e. The van der Waals surface area contributed by atoms with Crippen molar-refractivity contribution in [2.24, 2.45) is 0 Å². The number of hydrogen-bond donors (Lipinski definition) is 3. The molecule has 0 aliphatic carbocycles. The van der Waals surface area contributed by atoms with Crippen LogP contribution < -0.4 is 10.6 Å². The van der Waals surface area contributed by atoms with Crippen LogP contribution >= 0.6 is 22.9 Å². The van der Waals surface area contributed by atoms with Crippen LogP contribution in [0, 0.1) is 6.92 Å². The molecule has 1 atom stereocenters. The summed E-state index contributed by atoms with van der Waals surface area (Å²) in [6.45, 7) is 1.72. The number of nitrogens with one attached hydrogen (secondary N) is 2. The van der Waals surface area contributed by atoms with E-state index in [-0.39, 0.29) is 6.54 Å². The van der Waals surface area contributed by atoms with Crippen LogP contribution in [-0.4, -0.2) is 23.5 Å². The van der Waals surface area contributed by atoms with Crippen LogP contribution in [0.15, 0.2) is 35.7 Å². The number of anilines is 1. The Morgan fingerprint density at radius 1 is 1.27 bits per heavy atom. The molecule has 2 aromatic rings. The molecule has 0 fully saturated rings. The molecule has 0 aliphatic rings. The van der Waals surface area contributed by atoms with Gasteiger partial charge in [0, 0.05) is 22.1 Å². The van der Waals surface area contributed by atoms with Crippen molar-refractivity contribution in [2.45, 2.75) is 13.0 Å². The van der Waals surface area contributed by atoms with Crippen molar-refractivity contribution in [3.63, 3.8) is 0 Å². The quantitative estimate of drug-likeness (QED) is 0.749. The number of carbonyl (C=O) groups excluding carboxylic acids is 2. The van der Waals surface area contributed by atoms with E-state index in [0.717, 1.165) is 4.88 Å². The highest BCUT2D eigenvalue weighted by molar-refractivity contribution is 7.10. The highest BCUT2D eigenvalue weighted by Crippen LogP contribution is 2.22. The molecule has 0 saturated heterocycles. The Labute approximate surface area is 136 Å². The molecule has 0 radical (unpaired) electrons. The average molecular weight is 339 g/mol. The molecular formula is C15H15ClN2O3S. The lowest BCUT2D eigenvalue weighted by Crippen LogP contribution is -2.37. The first-order valence-electron chi connectivity index (χ1n) is 6.55. The maximum atomic E-state index is 11.8. The number of halogens is 1. The zero-order valence-corrected chi connectivity index (χ0v) is 13.4. The summed E-state index contributed by atoms with van der Waals surface area (Å²) in [5.74, 6) is -1.61. The lowest BCUT2D eigenvalue weighted by molar-refractivity contribution is -0.136. The first-order chi connectivity index (χ1) is 10.5. The van der Waals surface area contributed by atoms with Crippen molar-refractivity contribution in [2.75, 3.05) is 11.9 Å². The topological polar surface area (TPSA) is 78.4 Å². The molecule has 5 nitrogen and oxygen atoms in total. The fourth-order valence-electron chi connectivity index (χ4n) is 1.77. The maximum Gasteiger partial charge on any atom is 0.313 e. The number of amides is 2. The minimum atomic E-state index is -0.829. The molecule has 22 heavy (non-hydrogen) atoms. The van der Waals surface area contributed by atoms with Gasteiger partial charge >= 0.3 is 11.8 Å². The molecule has 0 saturated carbocycles. The second-order valence-corrected chi connectivity index (χ2v) is 5.99. The zero-order chi connectivity index (χ0) is 16.1. The highest BCUT2D eigenvalue weighted by atomic mass is 35.5. The van der Waals surface area contributed by atoms with E-state index >= 15 is 0 Å². The normalized spacial score (nSPS) is 11.8. The molecule has 2 rings (SSSR count). The Kier molecular flexibility index (Phi) is 5.54. The number of rotatable bonds is 4. The van der Waals surface area contributed by atoms with Crippen molar-refractivity contribution in [1.82, 2.24) is 5.32 Å². The van der Waals surface area contributed by atoms with E-state index in [9.17, 15) is 14.7 Å². The van der Waals surface area contributed by atoms with E-state index in [1.807, 2.05) is 5.38 Å².